The van der Waals surface area contributed by atoms with Crippen LogP contribution in [0.25, 0.3) is 10.9 Å². The molecule has 0 unspecified atom stereocenters. The predicted molar refractivity (Wildman–Crippen MR) is 138 cm³/mol. The van der Waals surface area contributed by atoms with Crippen molar-refractivity contribution in [3.8, 4) is 11.5 Å². The number of ether oxygens (including phenoxy) is 2. The molecule has 0 amide bonds. The third-order valence-corrected chi connectivity index (χ3v) is 4.75. The van der Waals surface area contributed by atoms with E-state index in [1.165, 1.54) is 6.33 Å². The Bertz CT molecular complexity index is 1310. The van der Waals surface area contributed by atoms with Gasteiger partial charge in [-0.3, -0.25) is 0 Å². The highest BCUT2D eigenvalue weighted by atomic mass is 16.5. The first-order valence-electron chi connectivity index (χ1n) is 10.3. The van der Waals surface area contributed by atoms with Gasteiger partial charge in [0.1, 0.15) is 36.1 Å². The van der Waals surface area contributed by atoms with Gasteiger partial charge in [-0.1, -0.05) is 31.7 Å². The van der Waals surface area contributed by atoms with Crippen LogP contribution in [0.5, 0.6) is 11.5 Å². The zero-order valence-corrected chi connectivity index (χ0v) is 18.4. The zero-order valence-electron chi connectivity index (χ0n) is 18.4. The van der Waals surface area contributed by atoms with E-state index in [-0.39, 0.29) is 14.0 Å². The van der Waals surface area contributed by atoms with Crippen molar-refractivity contribution in [2.75, 3.05) is 19.0 Å². The fourth-order valence-electron chi connectivity index (χ4n) is 3.19. The Morgan fingerprint density at radius 2 is 1.88 bits per heavy atom. The number of aryl methyl sites for hydroxylation is 1. The largest absolute Gasteiger partial charge is 0.457 e. The summed E-state index contributed by atoms with van der Waals surface area (Å²) >= 11 is 0. The SMILES string of the molecule is C.COCC(N)=N/N=C/c1ccc2ncnc(Nc3ccc(Oc4ccccc4)c(C)c3)c2c1. The summed E-state index contributed by atoms with van der Waals surface area (Å²) in [6.07, 6.45) is 3.16. The lowest BCUT2D eigenvalue weighted by atomic mass is 10.1. The van der Waals surface area contributed by atoms with Gasteiger partial charge in [-0.05, 0) is 60.5 Å². The highest BCUT2D eigenvalue weighted by Crippen LogP contribution is 2.29. The molecule has 0 aliphatic rings. The minimum atomic E-state index is 0. The second kappa shape index (κ2) is 11.5. The number of methoxy groups -OCH3 is 1. The molecular formula is C26H28N6O2. The molecule has 0 saturated carbocycles. The number of rotatable bonds is 8. The molecule has 4 rings (SSSR count). The van der Waals surface area contributed by atoms with Gasteiger partial charge in [-0.15, -0.1) is 5.10 Å². The van der Waals surface area contributed by atoms with Crippen LogP contribution in [0.15, 0.2) is 83.3 Å². The second-order valence-corrected chi connectivity index (χ2v) is 7.29. The van der Waals surface area contributed by atoms with Crippen molar-refractivity contribution in [1.82, 2.24) is 9.97 Å². The van der Waals surface area contributed by atoms with Crippen molar-refractivity contribution in [1.29, 1.82) is 0 Å². The van der Waals surface area contributed by atoms with E-state index < -0.39 is 0 Å². The summed E-state index contributed by atoms with van der Waals surface area (Å²) in [7, 11) is 1.55. The monoisotopic (exact) mass is 456 g/mol. The zero-order chi connectivity index (χ0) is 23.0. The number of amidine groups is 1. The lowest BCUT2D eigenvalue weighted by Gasteiger charge is -2.12. The molecule has 0 bridgehead atoms. The van der Waals surface area contributed by atoms with Crippen molar-refractivity contribution < 1.29 is 9.47 Å². The average molecular weight is 457 g/mol. The van der Waals surface area contributed by atoms with Crippen molar-refractivity contribution >= 4 is 34.5 Å². The molecule has 0 aliphatic carbocycles. The van der Waals surface area contributed by atoms with Gasteiger partial charge in [-0.2, -0.15) is 5.10 Å². The van der Waals surface area contributed by atoms with Crippen LogP contribution in [0.2, 0.25) is 0 Å². The number of hydrogen-bond acceptors (Lipinski definition) is 7. The Balaban J connectivity index is 0.00000324. The molecule has 3 aromatic carbocycles. The topological polar surface area (TPSA) is 107 Å². The molecule has 0 saturated heterocycles. The minimum Gasteiger partial charge on any atom is -0.457 e. The van der Waals surface area contributed by atoms with Gasteiger partial charge in [0.15, 0.2) is 0 Å². The molecule has 8 nitrogen and oxygen atoms in total. The van der Waals surface area contributed by atoms with E-state index in [0.717, 1.165) is 39.2 Å². The van der Waals surface area contributed by atoms with Crippen LogP contribution in [0, 0.1) is 6.92 Å². The lowest BCUT2D eigenvalue weighted by Crippen LogP contribution is -2.17. The highest BCUT2D eigenvalue weighted by molar-refractivity contribution is 5.95. The first kappa shape index (κ1) is 24.3. The van der Waals surface area contributed by atoms with Crippen LogP contribution >= 0.6 is 0 Å². The second-order valence-electron chi connectivity index (χ2n) is 7.29. The number of para-hydroxylation sites is 1. The molecule has 0 aliphatic heterocycles. The van der Waals surface area contributed by atoms with Gasteiger partial charge < -0.3 is 20.5 Å². The fraction of sp³-hybridized carbons (Fsp3) is 0.154. The van der Waals surface area contributed by atoms with Crippen LogP contribution in [-0.4, -0.2) is 35.7 Å². The molecule has 3 N–H and O–H groups in total. The van der Waals surface area contributed by atoms with E-state index in [0.29, 0.717) is 11.7 Å². The predicted octanol–water partition coefficient (Wildman–Crippen LogP) is 5.45. The molecule has 1 heterocycles. The molecule has 1 aromatic heterocycles. The molecule has 174 valence electrons. The number of fused-ring (bicyclic) bond motifs is 1. The van der Waals surface area contributed by atoms with Gasteiger partial charge in [-0.25, -0.2) is 9.97 Å². The van der Waals surface area contributed by atoms with E-state index in [1.54, 1.807) is 13.3 Å². The maximum Gasteiger partial charge on any atom is 0.148 e. The maximum absolute atomic E-state index is 5.97. The molecular weight excluding hydrogens is 428 g/mol. The van der Waals surface area contributed by atoms with Gasteiger partial charge >= 0.3 is 0 Å². The number of anilines is 2. The Morgan fingerprint density at radius 3 is 2.65 bits per heavy atom. The third-order valence-electron chi connectivity index (χ3n) is 4.75. The fourth-order valence-corrected chi connectivity index (χ4v) is 3.19. The van der Waals surface area contributed by atoms with E-state index in [2.05, 4.69) is 25.5 Å². The molecule has 0 spiro atoms. The Hall–Kier alpha value is -4.30. The molecule has 0 fully saturated rings. The summed E-state index contributed by atoms with van der Waals surface area (Å²) in [5, 5.41) is 12.2. The quantitative estimate of drug-likeness (QED) is 0.207. The number of aromatic nitrogens is 2. The minimum absolute atomic E-state index is 0. The van der Waals surface area contributed by atoms with Crippen LogP contribution in [0.4, 0.5) is 11.5 Å². The van der Waals surface area contributed by atoms with Crippen molar-refractivity contribution in [3.63, 3.8) is 0 Å². The first-order valence-corrected chi connectivity index (χ1v) is 10.3. The van der Waals surface area contributed by atoms with Gasteiger partial charge in [0, 0.05) is 18.2 Å². The Labute approximate surface area is 199 Å². The van der Waals surface area contributed by atoms with Crippen molar-refractivity contribution in [2.45, 2.75) is 14.4 Å². The highest BCUT2D eigenvalue weighted by Gasteiger charge is 2.08. The normalized spacial score (nSPS) is 11.4. The molecule has 0 atom stereocenters. The molecule has 0 radical (unpaired) electrons. The summed E-state index contributed by atoms with van der Waals surface area (Å²) in [6, 6.07) is 21.4. The number of benzene rings is 3. The van der Waals surface area contributed by atoms with E-state index in [4.69, 9.17) is 15.2 Å². The summed E-state index contributed by atoms with van der Waals surface area (Å²) < 4.78 is 10.9. The van der Waals surface area contributed by atoms with Gasteiger partial charge in [0.25, 0.3) is 0 Å². The number of hydrogen-bond donors (Lipinski definition) is 2. The smallest absolute Gasteiger partial charge is 0.148 e. The molecule has 8 heteroatoms. The van der Waals surface area contributed by atoms with Crippen LogP contribution in [-0.2, 0) is 4.74 Å². The average Bonchev–Trinajstić information content (AvgIpc) is 2.82. The lowest BCUT2D eigenvalue weighted by molar-refractivity contribution is 0.244. The summed E-state index contributed by atoms with van der Waals surface area (Å²) in [4.78, 5) is 8.79. The Morgan fingerprint density at radius 1 is 1.06 bits per heavy atom. The van der Waals surface area contributed by atoms with Crippen LogP contribution in [0.3, 0.4) is 0 Å². The Kier molecular flexibility index (Phi) is 8.26. The van der Waals surface area contributed by atoms with Crippen molar-refractivity contribution in [3.05, 3.63) is 84.2 Å². The van der Waals surface area contributed by atoms with Crippen LogP contribution in [0.1, 0.15) is 18.6 Å². The van der Waals surface area contributed by atoms with Crippen LogP contribution < -0.4 is 15.8 Å². The first-order chi connectivity index (χ1) is 16.1. The maximum atomic E-state index is 5.97. The van der Waals surface area contributed by atoms with Crippen molar-refractivity contribution in [2.24, 2.45) is 15.9 Å². The van der Waals surface area contributed by atoms with E-state index in [9.17, 15) is 0 Å². The van der Waals surface area contributed by atoms with Gasteiger partial charge in [0.05, 0.1) is 11.7 Å². The van der Waals surface area contributed by atoms with Gasteiger partial charge in [0.2, 0.25) is 0 Å². The standard InChI is InChI=1S/C25H24N6O2.CH4/c1-17-12-19(9-11-23(17)33-20-6-4-3-5-7-20)30-25-21-13-18(8-10-22(21)27-16-28-25)14-29-31-24(26)15-32-2;/h3-14,16H,15H2,1-2H3,(H2,26,31)(H,27,28,30);1H4/b29-14+;. The number of nitrogens with one attached hydrogen (secondary N) is 1. The van der Waals surface area contributed by atoms with E-state index >= 15 is 0 Å². The number of nitrogens with zero attached hydrogens (tertiary/aromatic N) is 4. The third kappa shape index (κ3) is 6.14. The summed E-state index contributed by atoms with van der Waals surface area (Å²) in [5.74, 6) is 2.58. The summed E-state index contributed by atoms with van der Waals surface area (Å²) in [6.45, 7) is 2.23. The molecule has 4 aromatic rings. The van der Waals surface area contributed by atoms with E-state index in [1.807, 2.05) is 73.7 Å². The summed E-state index contributed by atoms with van der Waals surface area (Å²) in [5.41, 5.74) is 9.24. The molecule has 34 heavy (non-hydrogen) atoms. The number of nitrogens with two attached hydrogens (primary N) is 1.